The molecule has 0 aromatic carbocycles. The molecule has 0 saturated heterocycles. The summed E-state index contributed by atoms with van der Waals surface area (Å²) in [4.78, 5) is 38.2. The fourth-order valence-electron chi connectivity index (χ4n) is 8.04. The van der Waals surface area contributed by atoms with Gasteiger partial charge in [-0.15, -0.1) is 0 Å². The highest BCUT2D eigenvalue weighted by Crippen LogP contribution is 2.15. The maximum atomic E-state index is 12.9. The van der Waals surface area contributed by atoms with Crippen molar-refractivity contribution in [2.24, 2.45) is 0 Å². The molecule has 0 bridgehead atoms. The van der Waals surface area contributed by atoms with Crippen molar-refractivity contribution in [3.05, 3.63) is 109 Å². The Labute approximate surface area is 444 Å². The molecule has 0 rings (SSSR count). The Kier molecular flexibility index (Phi) is 56.4. The van der Waals surface area contributed by atoms with Gasteiger partial charge in [0.15, 0.2) is 6.10 Å². The summed E-state index contributed by atoms with van der Waals surface area (Å²) >= 11 is 0. The zero-order chi connectivity index (χ0) is 52.2. The highest BCUT2D eigenvalue weighted by atomic mass is 16.6. The van der Waals surface area contributed by atoms with Gasteiger partial charge in [0.2, 0.25) is 0 Å². The van der Waals surface area contributed by atoms with Crippen molar-refractivity contribution in [1.82, 2.24) is 0 Å². The predicted molar refractivity (Wildman–Crippen MR) is 311 cm³/mol. The van der Waals surface area contributed by atoms with Gasteiger partial charge < -0.3 is 14.2 Å². The van der Waals surface area contributed by atoms with Gasteiger partial charge in [0.1, 0.15) is 13.2 Å². The molecule has 0 aliphatic carbocycles. The molecule has 0 fully saturated rings. The molecule has 0 amide bonds. The van der Waals surface area contributed by atoms with Crippen LogP contribution in [0.2, 0.25) is 0 Å². The standard InChI is InChI=1S/C66H110O6/c1-4-7-10-13-16-19-22-25-28-31-33-35-38-41-44-47-50-53-56-59-65(68)71-62-63(61-70-64(67)58-55-52-49-46-43-40-37-30-27-24-21-18-15-12-9-6-3)72-66(69)60-57-54-51-48-45-42-39-36-34-32-29-26-23-20-17-14-11-8-5-2/h7,10,16-17,19-20,25-26,28-29,33-36,41-42,44-45,63H,4-6,8-9,11-15,18,21-24,27,30-32,37-40,43,46-62H2,1-3H3/b10-7-,19-16-,20-17-,28-25-,29-26-,35-33-,36-34-,44-41-,45-42-/t63-/m1/s1. The molecule has 6 heteroatoms. The monoisotopic (exact) mass is 999 g/mol. The topological polar surface area (TPSA) is 78.9 Å². The average molecular weight is 1000 g/mol. The molecule has 0 saturated carbocycles. The lowest BCUT2D eigenvalue weighted by atomic mass is 10.0. The quantitative estimate of drug-likeness (QED) is 0.0261. The number of esters is 3. The molecular formula is C66H110O6. The third kappa shape index (κ3) is 57.0. The van der Waals surface area contributed by atoms with Crippen LogP contribution >= 0.6 is 0 Å². The van der Waals surface area contributed by atoms with E-state index in [1.165, 1.54) is 109 Å². The first kappa shape index (κ1) is 68.1. The van der Waals surface area contributed by atoms with E-state index in [4.69, 9.17) is 14.2 Å². The summed E-state index contributed by atoms with van der Waals surface area (Å²) in [7, 11) is 0. The maximum Gasteiger partial charge on any atom is 0.306 e. The Hall–Kier alpha value is -3.93. The molecule has 0 aromatic heterocycles. The van der Waals surface area contributed by atoms with Crippen molar-refractivity contribution in [2.45, 2.75) is 277 Å². The number of unbranched alkanes of at least 4 members (excludes halogenated alkanes) is 24. The van der Waals surface area contributed by atoms with E-state index in [1.807, 2.05) is 0 Å². The SMILES string of the molecule is CC/C=C\C/C=C\C/C=C\C/C=C\C/C=C\CCCCCC(=O)OC[C@@H](COC(=O)CCCCCCCCCCCCCCCCCC)OC(=O)CCCCC/C=C\C/C=C\C/C=C\C/C=C\CCCCC. The average Bonchev–Trinajstić information content (AvgIpc) is 3.38. The van der Waals surface area contributed by atoms with E-state index in [1.54, 1.807) is 0 Å². The summed E-state index contributed by atoms with van der Waals surface area (Å²) in [5, 5.41) is 0. The summed E-state index contributed by atoms with van der Waals surface area (Å²) in [6.45, 7) is 6.46. The molecule has 410 valence electrons. The normalized spacial score (nSPS) is 12.9. The summed E-state index contributed by atoms with van der Waals surface area (Å²) in [6, 6.07) is 0. The number of hydrogen-bond donors (Lipinski definition) is 0. The lowest BCUT2D eigenvalue weighted by molar-refractivity contribution is -0.167. The number of carbonyl (C=O) groups is 3. The molecule has 0 aromatic rings. The number of carbonyl (C=O) groups excluding carboxylic acids is 3. The fourth-order valence-corrected chi connectivity index (χ4v) is 8.04. The second-order valence-electron chi connectivity index (χ2n) is 19.5. The second kappa shape index (κ2) is 59.6. The molecular weight excluding hydrogens is 889 g/mol. The van der Waals surface area contributed by atoms with Crippen LogP contribution in [0.1, 0.15) is 271 Å². The first-order valence-corrected chi connectivity index (χ1v) is 29.9. The van der Waals surface area contributed by atoms with Crippen LogP contribution in [0.3, 0.4) is 0 Å². The summed E-state index contributed by atoms with van der Waals surface area (Å²) in [6.07, 6.45) is 80.8. The van der Waals surface area contributed by atoms with Crippen LogP contribution in [0, 0.1) is 0 Å². The first-order valence-electron chi connectivity index (χ1n) is 29.9. The largest absolute Gasteiger partial charge is 0.462 e. The van der Waals surface area contributed by atoms with Gasteiger partial charge in [-0.2, -0.15) is 0 Å². The summed E-state index contributed by atoms with van der Waals surface area (Å²) < 4.78 is 16.8. The lowest BCUT2D eigenvalue weighted by Gasteiger charge is -2.18. The van der Waals surface area contributed by atoms with Gasteiger partial charge in [-0.1, -0.05) is 252 Å². The molecule has 0 N–H and O–H groups in total. The van der Waals surface area contributed by atoms with E-state index in [2.05, 4.69) is 130 Å². The van der Waals surface area contributed by atoms with Crippen molar-refractivity contribution in [2.75, 3.05) is 13.2 Å². The maximum absolute atomic E-state index is 12.9. The number of hydrogen-bond acceptors (Lipinski definition) is 6. The Balaban J connectivity index is 4.51. The van der Waals surface area contributed by atoms with Gasteiger partial charge in [0.25, 0.3) is 0 Å². The zero-order valence-corrected chi connectivity index (χ0v) is 46.9. The van der Waals surface area contributed by atoms with Crippen molar-refractivity contribution in [3.8, 4) is 0 Å². The van der Waals surface area contributed by atoms with E-state index in [9.17, 15) is 14.4 Å². The minimum absolute atomic E-state index is 0.101. The zero-order valence-electron chi connectivity index (χ0n) is 46.9. The van der Waals surface area contributed by atoms with Crippen molar-refractivity contribution < 1.29 is 28.6 Å². The molecule has 72 heavy (non-hydrogen) atoms. The molecule has 1 atom stereocenters. The van der Waals surface area contributed by atoms with Gasteiger partial charge in [-0.05, 0) is 109 Å². The third-order valence-electron chi connectivity index (χ3n) is 12.5. The molecule has 0 heterocycles. The highest BCUT2D eigenvalue weighted by Gasteiger charge is 2.19. The van der Waals surface area contributed by atoms with Crippen LogP contribution in [0.25, 0.3) is 0 Å². The Morgan fingerprint density at radius 3 is 0.875 bits per heavy atom. The van der Waals surface area contributed by atoms with Crippen molar-refractivity contribution >= 4 is 17.9 Å². The van der Waals surface area contributed by atoms with E-state index in [-0.39, 0.29) is 37.5 Å². The van der Waals surface area contributed by atoms with Crippen LogP contribution in [-0.2, 0) is 28.6 Å². The van der Waals surface area contributed by atoms with Gasteiger partial charge in [-0.25, -0.2) is 0 Å². The van der Waals surface area contributed by atoms with E-state index in [0.717, 1.165) is 122 Å². The number of allylic oxidation sites excluding steroid dienone is 18. The smallest absolute Gasteiger partial charge is 0.306 e. The predicted octanol–water partition coefficient (Wildman–Crippen LogP) is 20.3. The first-order chi connectivity index (χ1) is 35.5. The molecule has 0 aliphatic rings. The van der Waals surface area contributed by atoms with E-state index in [0.29, 0.717) is 12.8 Å². The van der Waals surface area contributed by atoms with Crippen LogP contribution in [-0.4, -0.2) is 37.2 Å². The third-order valence-corrected chi connectivity index (χ3v) is 12.5. The number of rotatable bonds is 53. The van der Waals surface area contributed by atoms with Gasteiger partial charge in [0, 0.05) is 19.3 Å². The van der Waals surface area contributed by atoms with E-state index < -0.39 is 6.10 Å². The molecule has 6 nitrogen and oxygen atoms in total. The Morgan fingerprint density at radius 1 is 0.292 bits per heavy atom. The second-order valence-corrected chi connectivity index (χ2v) is 19.5. The van der Waals surface area contributed by atoms with Crippen molar-refractivity contribution in [1.29, 1.82) is 0 Å². The van der Waals surface area contributed by atoms with Crippen LogP contribution in [0.4, 0.5) is 0 Å². The Morgan fingerprint density at radius 2 is 0.542 bits per heavy atom. The molecule has 0 unspecified atom stereocenters. The summed E-state index contributed by atoms with van der Waals surface area (Å²) in [5.74, 6) is -0.961. The van der Waals surface area contributed by atoms with Crippen LogP contribution in [0.5, 0.6) is 0 Å². The molecule has 0 aliphatic heterocycles. The van der Waals surface area contributed by atoms with Crippen LogP contribution in [0.15, 0.2) is 109 Å². The molecule has 0 spiro atoms. The van der Waals surface area contributed by atoms with Gasteiger partial charge >= 0.3 is 17.9 Å². The van der Waals surface area contributed by atoms with Gasteiger partial charge in [-0.3, -0.25) is 14.4 Å². The van der Waals surface area contributed by atoms with Gasteiger partial charge in [0.05, 0.1) is 0 Å². The minimum Gasteiger partial charge on any atom is -0.462 e. The number of ether oxygens (including phenoxy) is 3. The Bertz CT molecular complexity index is 1470. The minimum atomic E-state index is -0.810. The van der Waals surface area contributed by atoms with Crippen molar-refractivity contribution in [3.63, 3.8) is 0 Å². The molecule has 0 radical (unpaired) electrons. The summed E-state index contributed by atoms with van der Waals surface area (Å²) in [5.41, 5.74) is 0. The fraction of sp³-hybridized carbons (Fsp3) is 0.682. The lowest BCUT2D eigenvalue weighted by Crippen LogP contribution is -2.30. The van der Waals surface area contributed by atoms with E-state index >= 15 is 0 Å². The van der Waals surface area contributed by atoms with Crippen LogP contribution < -0.4 is 0 Å². The highest BCUT2D eigenvalue weighted by molar-refractivity contribution is 5.71.